The molecule has 2 heterocycles. The summed E-state index contributed by atoms with van der Waals surface area (Å²) in [6, 6.07) is 5.53. The maximum absolute atomic E-state index is 12.8. The Bertz CT molecular complexity index is 623. The van der Waals surface area contributed by atoms with Gasteiger partial charge in [-0.25, -0.2) is 0 Å². The van der Waals surface area contributed by atoms with E-state index in [0.717, 1.165) is 18.7 Å². The lowest BCUT2D eigenvalue weighted by molar-refractivity contribution is -0.155. The third-order valence-corrected chi connectivity index (χ3v) is 4.33. The quantitative estimate of drug-likeness (QED) is 0.782. The van der Waals surface area contributed by atoms with E-state index in [1.165, 1.54) is 0 Å². The van der Waals surface area contributed by atoms with Crippen molar-refractivity contribution in [2.24, 2.45) is 0 Å². The van der Waals surface area contributed by atoms with Gasteiger partial charge in [-0.15, -0.1) is 0 Å². The molecule has 1 fully saturated rings. The summed E-state index contributed by atoms with van der Waals surface area (Å²) in [6.07, 6.45) is 0. The molecule has 0 saturated carbocycles. The number of nitrogens with zero attached hydrogens (tertiary/aromatic N) is 2. The van der Waals surface area contributed by atoms with Gasteiger partial charge in [0, 0.05) is 26.2 Å². The summed E-state index contributed by atoms with van der Waals surface area (Å²) in [7, 11) is 2.02. The third-order valence-electron chi connectivity index (χ3n) is 4.33. The molecule has 1 saturated heterocycles. The molecule has 2 aliphatic rings. The molecule has 1 aromatic rings. The Morgan fingerprint density at radius 1 is 1.27 bits per heavy atom. The normalized spacial score (nSPS) is 25.2. The van der Waals surface area contributed by atoms with Gasteiger partial charge < -0.3 is 19.9 Å². The van der Waals surface area contributed by atoms with Crippen molar-refractivity contribution < 1.29 is 14.3 Å². The molecule has 0 aromatic heterocycles. The Balaban J connectivity index is 1.84. The van der Waals surface area contributed by atoms with Crippen molar-refractivity contribution >= 4 is 17.5 Å². The Labute approximate surface area is 130 Å². The van der Waals surface area contributed by atoms with E-state index in [4.69, 9.17) is 4.74 Å². The number of amides is 2. The zero-order valence-electron chi connectivity index (χ0n) is 13.2. The first-order valence-electron chi connectivity index (χ1n) is 7.49. The van der Waals surface area contributed by atoms with Gasteiger partial charge in [0.2, 0.25) is 0 Å². The molecule has 2 aliphatic heterocycles. The SMILES string of the molecule is Cc1ccc2c(c1)NC(=O)C(C)(C(=O)N1CCN(C)CC1)O2. The number of carbonyl (C=O) groups excluding carboxylic acids is 2. The molecule has 3 rings (SSSR count). The summed E-state index contributed by atoms with van der Waals surface area (Å²) in [4.78, 5) is 29.1. The molecule has 22 heavy (non-hydrogen) atoms. The number of fused-ring (bicyclic) bond motifs is 1. The first-order chi connectivity index (χ1) is 10.4. The monoisotopic (exact) mass is 303 g/mol. The molecule has 1 atom stereocenters. The molecule has 6 heteroatoms. The summed E-state index contributed by atoms with van der Waals surface area (Å²) < 4.78 is 5.81. The maximum atomic E-state index is 12.8. The largest absolute Gasteiger partial charge is 0.466 e. The highest BCUT2D eigenvalue weighted by Gasteiger charge is 2.49. The fraction of sp³-hybridized carbons (Fsp3) is 0.500. The Hall–Kier alpha value is -2.08. The fourth-order valence-corrected chi connectivity index (χ4v) is 2.79. The van der Waals surface area contributed by atoms with Crippen LogP contribution in [-0.4, -0.2) is 60.4 Å². The molecule has 0 spiro atoms. The minimum Gasteiger partial charge on any atom is -0.466 e. The smallest absolute Gasteiger partial charge is 0.278 e. The maximum Gasteiger partial charge on any atom is 0.278 e. The topological polar surface area (TPSA) is 61.9 Å². The molecular formula is C16H21N3O3. The molecule has 1 unspecified atom stereocenters. The first kappa shape index (κ1) is 14.8. The summed E-state index contributed by atoms with van der Waals surface area (Å²) >= 11 is 0. The van der Waals surface area contributed by atoms with Crippen LogP contribution in [0.1, 0.15) is 12.5 Å². The van der Waals surface area contributed by atoms with Crippen LogP contribution >= 0.6 is 0 Å². The zero-order valence-corrected chi connectivity index (χ0v) is 13.2. The number of carbonyl (C=O) groups is 2. The van der Waals surface area contributed by atoms with Crippen molar-refractivity contribution in [3.8, 4) is 5.75 Å². The lowest BCUT2D eigenvalue weighted by Crippen LogP contribution is -2.62. The molecular weight excluding hydrogens is 282 g/mol. The summed E-state index contributed by atoms with van der Waals surface area (Å²) in [5.41, 5.74) is 0.142. The summed E-state index contributed by atoms with van der Waals surface area (Å²) in [6.45, 7) is 6.32. The van der Waals surface area contributed by atoms with E-state index in [-0.39, 0.29) is 5.91 Å². The minimum atomic E-state index is -1.50. The average Bonchev–Trinajstić information content (AvgIpc) is 2.49. The minimum absolute atomic E-state index is 0.274. The van der Waals surface area contributed by atoms with E-state index in [1.54, 1.807) is 17.9 Å². The standard InChI is InChI=1S/C16H21N3O3/c1-11-4-5-13-12(10-11)17-14(20)16(2,22-13)15(21)19-8-6-18(3)7-9-19/h4-5,10H,6-9H2,1-3H3,(H,17,20). The van der Waals surface area contributed by atoms with Crippen molar-refractivity contribution in [1.29, 1.82) is 0 Å². The number of rotatable bonds is 1. The number of likely N-dealkylation sites (N-methyl/N-ethyl adjacent to an activating group) is 1. The number of benzene rings is 1. The molecule has 1 aromatic carbocycles. The van der Waals surface area contributed by atoms with E-state index in [9.17, 15) is 9.59 Å². The van der Waals surface area contributed by atoms with Crippen LogP contribution in [0.2, 0.25) is 0 Å². The van der Waals surface area contributed by atoms with Gasteiger partial charge in [-0.1, -0.05) is 6.07 Å². The van der Waals surface area contributed by atoms with Gasteiger partial charge in [-0.3, -0.25) is 9.59 Å². The van der Waals surface area contributed by atoms with E-state index in [1.807, 2.05) is 26.1 Å². The van der Waals surface area contributed by atoms with Gasteiger partial charge >= 0.3 is 0 Å². The van der Waals surface area contributed by atoms with Crippen molar-refractivity contribution in [3.05, 3.63) is 23.8 Å². The van der Waals surface area contributed by atoms with Gasteiger partial charge in [0.05, 0.1) is 5.69 Å². The third kappa shape index (κ3) is 2.43. The van der Waals surface area contributed by atoms with Crippen LogP contribution in [0, 0.1) is 6.92 Å². The highest BCUT2D eigenvalue weighted by atomic mass is 16.5. The van der Waals surface area contributed by atoms with Crippen molar-refractivity contribution in [3.63, 3.8) is 0 Å². The van der Waals surface area contributed by atoms with Gasteiger partial charge in [0.1, 0.15) is 5.75 Å². The first-order valence-corrected chi connectivity index (χ1v) is 7.49. The van der Waals surface area contributed by atoms with E-state index < -0.39 is 11.5 Å². The van der Waals surface area contributed by atoms with Crippen LogP contribution in [0.5, 0.6) is 5.75 Å². The Kier molecular flexibility index (Phi) is 3.56. The highest BCUT2D eigenvalue weighted by Crippen LogP contribution is 2.35. The lowest BCUT2D eigenvalue weighted by atomic mass is 10.00. The number of nitrogens with one attached hydrogen (secondary N) is 1. The van der Waals surface area contributed by atoms with Gasteiger partial charge in [0.15, 0.2) is 0 Å². The Morgan fingerprint density at radius 3 is 2.64 bits per heavy atom. The molecule has 2 amide bonds. The predicted octanol–water partition coefficient (Wildman–Crippen LogP) is 0.859. The fourth-order valence-electron chi connectivity index (χ4n) is 2.79. The number of hydrogen-bond acceptors (Lipinski definition) is 4. The number of ether oxygens (including phenoxy) is 1. The zero-order chi connectivity index (χ0) is 15.9. The highest BCUT2D eigenvalue weighted by molar-refractivity contribution is 6.15. The number of piperazine rings is 1. The van der Waals surface area contributed by atoms with Gasteiger partial charge in [0.25, 0.3) is 17.4 Å². The van der Waals surface area contributed by atoms with Crippen molar-refractivity contribution in [2.45, 2.75) is 19.4 Å². The Morgan fingerprint density at radius 2 is 1.95 bits per heavy atom. The van der Waals surface area contributed by atoms with E-state index in [0.29, 0.717) is 24.5 Å². The van der Waals surface area contributed by atoms with Crippen LogP contribution in [0.4, 0.5) is 5.69 Å². The van der Waals surface area contributed by atoms with Crippen molar-refractivity contribution in [2.75, 3.05) is 38.5 Å². The summed E-state index contributed by atoms with van der Waals surface area (Å²) in [5.74, 6) is -0.144. The predicted molar refractivity (Wildman–Crippen MR) is 82.9 cm³/mol. The van der Waals surface area contributed by atoms with Crippen LogP contribution in [0.15, 0.2) is 18.2 Å². The van der Waals surface area contributed by atoms with Crippen LogP contribution in [0.3, 0.4) is 0 Å². The van der Waals surface area contributed by atoms with Gasteiger partial charge in [-0.05, 0) is 38.6 Å². The van der Waals surface area contributed by atoms with E-state index >= 15 is 0 Å². The second-order valence-corrected chi connectivity index (χ2v) is 6.18. The molecule has 1 N–H and O–H groups in total. The van der Waals surface area contributed by atoms with Crippen LogP contribution < -0.4 is 10.1 Å². The second kappa shape index (κ2) is 5.28. The molecule has 118 valence electrons. The van der Waals surface area contributed by atoms with Crippen LogP contribution in [0.25, 0.3) is 0 Å². The second-order valence-electron chi connectivity index (χ2n) is 6.18. The van der Waals surface area contributed by atoms with Gasteiger partial charge in [-0.2, -0.15) is 0 Å². The van der Waals surface area contributed by atoms with E-state index in [2.05, 4.69) is 10.2 Å². The lowest BCUT2D eigenvalue weighted by Gasteiger charge is -2.39. The van der Waals surface area contributed by atoms with Crippen molar-refractivity contribution in [1.82, 2.24) is 9.80 Å². The van der Waals surface area contributed by atoms with Crippen LogP contribution in [-0.2, 0) is 9.59 Å². The number of aryl methyl sites for hydroxylation is 1. The molecule has 0 bridgehead atoms. The molecule has 6 nitrogen and oxygen atoms in total. The molecule has 0 radical (unpaired) electrons. The average molecular weight is 303 g/mol. The number of anilines is 1. The summed E-state index contributed by atoms with van der Waals surface area (Å²) in [5, 5.41) is 2.80. The molecule has 0 aliphatic carbocycles. The number of hydrogen-bond donors (Lipinski definition) is 1.